The lowest BCUT2D eigenvalue weighted by molar-refractivity contribution is 0.0786. The third kappa shape index (κ3) is 2.07. The van der Waals surface area contributed by atoms with Crippen LogP contribution >= 0.6 is 0 Å². The smallest absolute Gasteiger partial charge is 0.254 e. The first-order valence-corrected chi connectivity index (χ1v) is 6.81. The van der Waals surface area contributed by atoms with Crippen LogP contribution < -0.4 is 16.6 Å². The number of anilines is 1. The molecule has 0 saturated heterocycles. The summed E-state index contributed by atoms with van der Waals surface area (Å²) >= 11 is 0. The SMILES string of the molecule is CN(Cc1c(N)c(=O)c1=O)C(=O)c1cccc2ccccc12. The van der Waals surface area contributed by atoms with E-state index in [1.54, 1.807) is 13.1 Å². The van der Waals surface area contributed by atoms with Crippen molar-refractivity contribution in [2.24, 2.45) is 0 Å². The highest BCUT2D eigenvalue weighted by Gasteiger charge is 2.22. The van der Waals surface area contributed by atoms with Gasteiger partial charge in [-0.1, -0.05) is 36.4 Å². The van der Waals surface area contributed by atoms with Gasteiger partial charge < -0.3 is 10.6 Å². The van der Waals surface area contributed by atoms with E-state index < -0.39 is 10.9 Å². The fourth-order valence-electron chi connectivity index (χ4n) is 2.54. The topological polar surface area (TPSA) is 80.5 Å². The van der Waals surface area contributed by atoms with E-state index in [1.165, 1.54) is 4.90 Å². The van der Waals surface area contributed by atoms with Crippen molar-refractivity contribution in [3.05, 3.63) is 74.0 Å². The Morgan fingerprint density at radius 3 is 2.45 bits per heavy atom. The zero-order valence-corrected chi connectivity index (χ0v) is 12.0. The Hall–Kier alpha value is -2.95. The van der Waals surface area contributed by atoms with E-state index >= 15 is 0 Å². The number of rotatable bonds is 3. The average Bonchev–Trinajstić information content (AvgIpc) is 2.57. The van der Waals surface area contributed by atoms with Crippen molar-refractivity contribution < 1.29 is 4.79 Å². The second-order valence-electron chi connectivity index (χ2n) is 5.24. The Kier molecular flexibility index (Phi) is 3.25. The Morgan fingerprint density at radius 1 is 1.05 bits per heavy atom. The average molecular weight is 294 g/mol. The highest BCUT2D eigenvalue weighted by Crippen LogP contribution is 2.20. The van der Waals surface area contributed by atoms with Crippen LogP contribution in [-0.4, -0.2) is 17.9 Å². The lowest BCUT2D eigenvalue weighted by Gasteiger charge is -2.19. The number of nitrogen functional groups attached to an aromatic ring is 1. The highest BCUT2D eigenvalue weighted by molar-refractivity contribution is 6.06. The summed E-state index contributed by atoms with van der Waals surface area (Å²) in [5, 5.41) is 1.81. The minimum absolute atomic E-state index is 0.0393. The fourth-order valence-corrected chi connectivity index (χ4v) is 2.54. The maximum absolute atomic E-state index is 12.6. The third-order valence-electron chi connectivity index (χ3n) is 3.81. The molecule has 3 rings (SSSR count). The molecule has 0 aliphatic carbocycles. The van der Waals surface area contributed by atoms with Gasteiger partial charge in [0, 0.05) is 12.6 Å². The number of benzene rings is 2. The van der Waals surface area contributed by atoms with Gasteiger partial charge in [-0.25, -0.2) is 0 Å². The van der Waals surface area contributed by atoms with Gasteiger partial charge in [-0.2, -0.15) is 0 Å². The van der Waals surface area contributed by atoms with E-state index in [1.807, 2.05) is 36.4 Å². The van der Waals surface area contributed by atoms with Gasteiger partial charge in [0.15, 0.2) is 0 Å². The molecular formula is C17H14N2O3. The van der Waals surface area contributed by atoms with Gasteiger partial charge >= 0.3 is 0 Å². The summed E-state index contributed by atoms with van der Waals surface area (Å²) in [6.45, 7) is 0.0401. The van der Waals surface area contributed by atoms with Crippen molar-refractivity contribution in [2.75, 3.05) is 12.8 Å². The Morgan fingerprint density at radius 2 is 1.73 bits per heavy atom. The zero-order chi connectivity index (χ0) is 15.9. The molecular weight excluding hydrogens is 280 g/mol. The molecule has 3 aromatic rings. The monoisotopic (exact) mass is 294 g/mol. The molecule has 0 radical (unpaired) electrons. The van der Waals surface area contributed by atoms with E-state index in [2.05, 4.69) is 0 Å². The number of hydrogen-bond acceptors (Lipinski definition) is 4. The zero-order valence-electron chi connectivity index (χ0n) is 12.0. The van der Waals surface area contributed by atoms with E-state index in [0.29, 0.717) is 5.56 Å². The van der Waals surface area contributed by atoms with Crippen LogP contribution in [0.25, 0.3) is 10.8 Å². The number of amides is 1. The molecule has 0 unspecified atom stereocenters. The number of carbonyl (C=O) groups excluding carboxylic acids is 1. The standard InChI is InChI=1S/C17H14N2O3/c1-19(9-13-14(18)16(21)15(13)20)17(22)12-8-4-6-10-5-2-3-7-11(10)12/h2-8H,9,18H2,1H3. The largest absolute Gasteiger partial charge is 0.395 e. The molecule has 22 heavy (non-hydrogen) atoms. The van der Waals surface area contributed by atoms with Gasteiger partial charge in [-0.3, -0.25) is 14.4 Å². The Bertz CT molecular complexity index is 947. The number of carbonyl (C=O) groups is 1. The van der Waals surface area contributed by atoms with E-state index in [9.17, 15) is 14.4 Å². The molecule has 0 aromatic heterocycles. The molecule has 0 aliphatic heterocycles. The number of nitrogens with two attached hydrogens (primary N) is 1. The molecule has 110 valence electrons. The van der Waals surface area contributed by atoms with Crippen molar-refractivity contribution in [2.45, 2.75) is 6.54 Å². The van der Waals surface area contributed by atoms with Crippen LogP contribution in [0.3, 0.4) is 0 Å². The summed E-state index contributed by atoms with van der Waals surface area (Å²) in [5.74, 6) is -0.218. The second-order valence-corrected chi connectivity index (χ2v) is 5.24. The molecule has 0 bridgehead atoms. The normalized spacial score (nSPS) is 11.0. The first-order valence-electron chi connectivity index (χ1n) is 6.81. The van der Waals surface area contributed by atoms with Gasteiger partial charge in [0.25, 0.3) is 5.91 Å². The summed E-state index contributed by atoms with van der Waals surface area (Å²) in [5.41, 5.74) is 4.96. The predicted octanol–water partition coefficient (Wildman–Crippen LogP) is 1.29. The van der Waals surface area contributed by atoms with Crippen LogP contribution in [-0.2, 0) is 6.54 Å². The van der Waals surface area contributed by atoms with E-state index in [4.69, 9.17) is 5.73 Å². The highest BCUT2D eigenvalue weighted by atomic mass is 16.2. The molecule has 0 saturated carbocycles. The summed E-state index contributed by atoms with van der Waals surface area (Å²) in [6.07, 6.45) is 0. The number of fused-ring (bicyclic) bond motifs is 1. The maximum Gasteiger partial charge on any atom is 0.254 e. The Labute approximate surface area is 126 Å². The molecule has 3 aromatic carbocycles. The lowest BCUT2D eigenvalue weighted by atomic mass is 10.0. The maximum atomic E-state index is 12.6. The summed E-state index contributed by atoms with van der Waals surface area (Å²) in [4.78, 5) is 36.6. The van der Waals surface area contributed by atoms with E-state index in [-0.39, 0.29) is 23.7 Å². The van der Waals surface area contributed by atoms with Crippen LogP contribution in [0.15, 0.2) is 52.1 Å². The first kappa shape index (κ1) is 14.0. The van der Waals surface area contributed by atoms with Crippen molar-refractivity contribution in [3.63, 3.8) is 0 Å². The summed E-state index contributed by atoms with van der Waals surface area (Å²) in [6, 6.07) is 13.1. The van der Waals surface area contributed by atoms with Crippen molar-refractivity contribution >= 4 is 22.4 Å². The molecule has 0 fully saturated rings. The minimum Gasteiger partial charge on any atom is -0.395 e. The van der Waals surface area contributed by atoms with Gasteiger partial charge in [-0.15, -0.1) is 0 Å². The predicted molar refractivity (Wildman–Crippen MR) is 85.5 cm³/mol. The van der Waals surface area contributed by atoms with Crippen LogP contribution in [0.5, 0.6) is 0 Å². The fraction of sp³-hybridized carbons (Fsp3) is 0.118. The summed E-state index contributed by atoms with van der Waals surface area (Å²) in [7, 11) is 1.58. The van der Waals surface area contributed by atoms with Crippen molar-refractivity contribution in [1.29, 1.82) is 0 Å². The number of nitrogens with zero attached hydrogens (tertiary/aromatic N) is 1. The molecule has 0 spiro atoms. The lowest BCUT2D eigenvalue weighted by Crippen LogP contribution is -2.41. The van der Waals surface area contributed by atoms with Crippen molar-refractivity contribution in [3.8, 4) is 0 Å². The molecule has 1 amide bonds. The minimum atomic E-state index is -0.666. The van der Waals surface area contributed by atoms with Crippen LogP contribution in [0.4, 0.5) is 5.69 Å². The van der Waals surface area contributed by atoms with Gasteiger partial charge in [0.1, 0.15) is 0 Å². The number of hydrogen-bond donors (Lipinski definition) is 1. The van der Waals surface area contributed by atoms with Crippen LogP contribution in [0.2, 0.25) is 0 Å². The molecule has 0 aliphatic rings. The molecule has 5 nitrogen and oxygen atoms in total. The van der Waals surface area contributed by atoms with Crippen molar-refractivity contribution in [1.82, 2.24) is 4.90 Å². The van der Waals surface area contributed by atoms with Gasteiger partial charge in [0.2, 0.25) is 10.9 Å². The van der Waals surface area contributed by atoms with Crippen LogP contribution in [0.1, 0.15) is 15.9 Å². The Balaban J connectivity index is 1.93. The molecule has 5 heteroatoms. The van der Waals surface area contributed by atoms with E-state index in [0.717, 1.165) is 10.8 Å². The molecule has 2 N–H and O–H groups in total. The quantitative estimate of drug-likeness (QED) is 0.738. The second kappa shape index (κ2) is 5.11. The molecule has 0 heterocycles. The van der Waals surface area contributed by atoms with Gasteiger partial charge in [0.05, 0.1) is 17.8 Å². The summed E-state index contributed by atoms with van der Waals surface area (Å²) < 4.78 is 0. The third-order valence-corrected chi connectivity index (χ3v) is 3.81. The van der Waals surface area contributed by atoms with Crippen LogP contribution in [0, 0.1) is 0 Å². The molecule has 0 atom stereocenters. The van der Waals surface area contributed by atoms with Gasteiger partial charge in [-0.05, 0) is 16.8 Å². The first-order chi connectivity index (χ1) is 10.5.